The van der Waals surface area contributed by atoms with Crippen LogP contribution < -0.4 is 5.73 Å². The van der Waals surface area contributed by atoms with Crippen molar-refractivity contribution in [3.63, 3.8) is 0 Å². The molecule has 126 valence electrons. The Bertz CT molecular complexity index is 609. The number of nitrogens with two attached hydrogens (primary N) is 1. The van der Waals surface area contributed by atoms with E-state index in [-0.39, 0.29) is 6.54 Å². The van der Waals surface area contributed by atoms with Crippen LogP contribution in [0.1, 0.15) is 45.0 Å². The molecule has 1 atom stereocenters. The second-order valence-electron chi connectivity index (χ2n) is 7.12. The van der Waals surface area contributed by atoms with E-state index in [1.54, 1.807) is 11.0 Å². The van der Waals surface area contributed by atoms with Crippen LogP contribution in [0.2, 0.25) is 0 Å². The third-order valence-electron chi connectivity index (χ3n) is 3.99. The van der Waals surface area contributed by atoms with Gasteiger partial charge in [-0.3, -0.25) is 9.78 Å². The number of amides is 2. The number of piperidine rings is 1. The normalized spacial score (nSPS) is 21.8. The number of hydrogen-bond acceptors (Lipinski definition) is 4. The highest BCUT2D eigenvalue weighted by molar-refractivity contribution is 5.87. The maximum Gasteiger partial charge on any atom is 0.410 e. The van der Waals surface area contributed by atoms with Gasteiger partial charge in [0.1, 0.15) is 11.0 Å². The summed E-state index contributed by atoms with van der Waals surface area (Å²) < 4.78 is 5.42. The lowest BCUT2D eigenvalue weighted by atomic mass is 9.76. The molecule has 2 amide bonds. The maximum atomic E-state index is 12.4. The summed E-state index contributed by atoms with van der Waals surface area (Å²) in [5.41, 5.74) is 5.62. The number of rotatable bonds is 2. The van der Waals surface area contributed by atoms with Gasteiger partial charge in [0.05, 0.1) is 5.69 Å². The van der Waals surface area contributed by atoms with Crippen molar-refractivity contribution in [1.82, 2.24) is 9.88 Å². The molecule has 0 radical (unpaired) electrons. The third-order valence-corrected chi connectivity index (χ3v) is 3.99. The summed E-state index contributed by atoms with van der Waals surface area (Å²) in [6, 6.07) is 5.53. The van der Waals surface area contributed by atoms with E-state index in [2.05, 4.69) is 4.98 Å². The molecule has 0 spiro atoms. The van der Waals surface area contributed by atoms with Crippen LogP contribution in [0.25, 0.3) is 0 Å². The number of carbonyl (C=O) groups excluding carboxylic acids is 2. The number of nitrogens with zero attached hydrogens (tertiary/aromatic N) is 2. The molecule has 2 heterocycles. The zero-order valence-electron chi connectivity index (χ0n) is 14.3. The van der Waals surface area contributed by atoms with E-state index in [9.17, 15) is 9.59 Å². The Balaban J connectivity index is 2.31. The third kappa shape index (κ3) is 3.81. The highest BCUT2D eigenvalue weighted by atomic mass is 16.6. The average molecular weight is 319 g/mol. The van der Waals surface area contributed by atoms with Gasteiger partial charge in [0.15, 0.2) is 0 Å². The number of carbonyl (C=O) groups is 2. The van der Waals surface area contributed by atoms with E-state index in [1.807, 2.05) is 39.8 Å². The molecule has 0 saturated carbocycles. The topological polar surface area (TPSA) is 85.5 Å². The predicted molar refractivity (Wildman–Crippen MR) is 86.9 cm³/mol. The number of aromatic nitrogens is 1. The van der Waals surface area contributed by atoms with E-state index >= 15 is 0 Å². The zero-order valence-corrected chi connectivity index (χ0v) is 14.3. The van der Waals surface area contributed by atoms with Crippen LogP contribution in [0.4, 0.5) is 4.79 Å². The quantitative estimate of drug-likeness (QED) is 0.905. The van der Waals surface area contributed by atoms with Crippen LogP contribution in [0.15, 0.2) is 18.2 Å². The van der Waals surface area contributed by atoms with Crippen LogP contribution in [0, 0.1) is 6.92 Å². The standard InChI is InChI=1S/C17H25N3O3/c1-12-7-5-8-13(19-12)17(14(18)21)9-6-10-20(11-17)15(22)23-16(2,3)4/h5,7-8H,6,9-11H2,1-4H3,(H2,18,21). The summed E-state index contributed by atoms with van der Waals surface area (Å²) in [5.74, 6) is -0.455. The largest absolute Gasteiger partial charge is 0.444 e. The molecular formula is C17H25N3O3. The highest BCUT2D eigenvalue weighted by Gasteiger charge is 2.45. The lowest BCUT2D eigenvalue weighted by molar-refractivity contribution is -0.125. The molecule has 23 heavy (non-hydrogen) atoms. The molecule has 0 aliphatic carbocycles. The number of pyridine rings is 1. The molecule has 1 saturated heterocycles. The van der Waals surface area contributed by atoms with Crippen molar-refractivity contribution in [3.8, 4) is 0 Å². The van der Waals surface area contributed by atoms with Gasteiger partial charge in [-0.05, 0) is 52.7 Å². The van der Waals surface area contributed by atoms with Crippen molar-refractivity contribution < 1.29 is 14.3 Å². The Hall–Kier alpha value is -2.11. The SMILES string of the molecule is Cc1cccc(C2(C(N)=O)CCCN(C(=O)OC(C)(C)C)C2)n1. The fourth-order valence-electron chi connectivity index (χ4n) is 2.88. The van der Waals surface area contributed by atoms with Gasteiger partial charge in [-0.15, -0.1) is 0 Å². The summed E-state index contributed by atoms with van der Waals surface area (Å²) in [7, 11) is 0. The second-order valence-corrected chi connectivity index (χ2v) is 7.12. The number of hydrogen-bond donors (Lipinski definition) is 1. The van der Waals surface area contributed by atoms with E-state index in [0.29, 0.717) is 25.1 Å². The molecule has 1 fully saturated rings. The van der Waals surface area contributed by atoms with Crippen molar-refractivity contribution in [2.45, 2.75) is 51.6 Å². The Morgan fingerprint density at radius 3 is 2.61 bits per heavy atom. The molecule has 1 aliphatic rings. The summed E-state index contributed by atoms with van der Waals surface area (Å²) in [4.78, 5) is 30.6. The summed E-state index contributed by atoms with van der Waals surface area (Å²) in [6.45, 7) is 8.07. The molecule has 2 rings (SSSR count). The van der Waals surface area contributed by atoms with E-state index in [1.165, 1.54) is 0 Å². The minimum atomic E-state index is -0.957. The van der Waals surface area contributed by atoms with Gasteiger partial charge < -0.3 is 15.4 Å². The summed E-state index contributed by atoms with van der Waals surface area (Å²) in [5, 5.41) is 0. The van der Waals surface area contributed by atoms with Crippen LogP contribution in [0.3, 0.4) is 0 Å². The molecule has 1 unspecified atom stereocenters. The average Bonchev–Trinajstić information content (AvgIpc) is 2.45. The molecule has 1 aliphatic heterocycles. The lowest BCUT2D eigenvalue weighted by Crippen LogP contribution is -2.56. The van der Waals surface area contributed by atoms with Gasteiger partial charge >= 0.3 is 6.09 Å². The van der Waals surface area contributed by atoms with Gasteiger partial charge in [0.25, 0.3) is 0 Å². The first-order valence-electron chi connectivity index (χ1n) is 7.86. The Morgan fingerprint density at radius 1 is 1.35 bits per heavy atom. The Kier molecular flexibility index (Phi) is 4.63. The molecular weight excluding hydrogens is 294 g/mol. The van der Waals surface area contributed by atoms with Crippen LogP contribution in [-0.4, -0.2) is 40.6 Å². The molecule has 0 bridgehead atoms. The number of ether oxygens (including phenoxy) is 1. The molecule has 6 heteroatoms. The first-order chi connectivity index (χ1) is 10.6. The molecule has 1 aromatic heterocycles. The molecule has 1 aromatic rings. The van der Waals surface area contributed by atoms with Crippen LogP contribution >= 0.6 is 0 Å². The molecule has 2 N–H and O–H groups in total. The number of likely N-dealkylation sites (tertiary alicyclic amines) is 1. The Morgan fingerprint density at radius 2 is 2.04 bits per heavy atom. The van der Waals surface area contributed by atoms with Crippen LogP contribution in [0.5, 0.6) is 0 Å². The smallest absolute Gasteiger partial charge is 0.410 e. The van der Waals surface area contributed by atoms with Gasteiger partial charge in [-0.2, -0.15) is 0 Å². The fourth-order valence-corrected chi connectivity index (χ4v) is 2.88. The van der Waals surface area contributed by atoms with Crippen molar-refractivity contribution in [3.05, 3.63) is 29.6 Å². The van der Waals surface area contributed by atoms with Crippen molar-refractivity contribution in [2.24, 2.45) is 5.73 Å². The zero-order chi connectivity index (χ0) is 17.3. The predicted octanol–water partition coefficient (Wildman–Crippen LogP) is 2.14. The van der Waals surface area contributed by atoms with Crippen LogP contribution in [-0.2, 0) is 14.9 Å². The van der Waals surface area contributed by atoms with Gasteiger partial charge in [0.2, 0.25) is 5.91 Å². The minimum Gasteiger partial charge on any atom is -0.444 e. The minimum absolute atomic E-state index is 0.202. The number of aryl methyl sites for hydroxylation is 1. The fraction of sp³-hybridized carbons (Fsp3) is 0.588. The van der Waals surface area contributed by atoms with E-state index in [4.69, 9.17) is 10.5 Å². The molecule has 0 aromatic carbocycles. The van der Waals surface area contributed by atoms with Gasteiger partial charge in [-0.25, -0.2) is 4.79 Å². The summed E-state index contributed by atoms with van der Waals surface area (Å²) in [6.07, 6.45) is 0.839. The van der Waals surface area contributed by atoms with E-state index in [0.717, 1.165) is 5.69 Å². The molecule has 6 nitrogen and oxygen atoms in total. The van der Waals surface area contributed by atoms with Crippen molar-refractivity contribution >= 4 is 12.0 Å². The Labute approximate surface area is 137 Å². The number of primary amides is 1. The van der Waals surface area contributed by atoms with E-state index < -0.39 is 23.0 Å². The first-order valence-corrected chi connectivity index (χ1v) is 7.86. The van der Waals surface area contributed by atoms with Gasteiger partial charge in [0, 0.05) is 18.8 Å². The first kappa shape index (κ1) is 17.2. The van der Waals surface area contributed by atoms with Gasteiger partial charge in [-0.1, -0.05) is 6.07 Å². The van der Waals surface area contributed by atoms with Crippen molar-refractivity contribution in [2.75, 3.05) is 13.1 Å². The monoisotopic (exact) mass is 319 g/mol. The lowest BCUT2D eigenvalue weighted by Gasteiger charge is -2.40. The second kappa shape index (κ2) is 6.18. The highest BCUT2D eigenvalue weighted by Crippen LogP contribution is 2.33. The summed E-state index contributed by atoms with van der Waals surface area (Å²) >= 11 is 0. The maximum absolute atomic E-state index is 12.4. The van der Waals surface area contributed by atoms with Crippen molar-refractivity contribution in [1.29, 1.82) is 0 Å².